The average molecular weight is 383 g/mol. The van der Waals surface area contributed by atoms with Crippen LogP contribution in [0.1, 0.15) is 0 Å². The van der Waals surface area contributed by atoms with Crippen molar-refractivity contribution in [2.75, 3.05) is 19.5 Å². The number of aromatic nitrogens is 3. The van der Waals surface area contributed by atoms with Crippen LogP contribution in [0.15, 0.2) is 53.3 Å². The van der Waals surface area contributed by atoms with Crippen molar-refractivity contribution < 1.29 is 14.0 Å². The summed E-state index contributed by atoms with van der Waals surface area (Å²) in [5.41, 5.74) is 2.58. The number of anilines is 2. The minimum Gasteiger partial charge on any atom is -0.497 e. The summed E-state index contributed by atoms with van der Waals surface area (Å²) in [5, 5.41) is 8.57. The Morgan fingerprint density at radius 2 is 1.93 bits per heavy atom. The van der Waals surface area contributed by atoms with Crippen LogP contribution in [0.3, 0.4) is 0 Å². The number of fused-ring (bicyclic) bond motifs is 1. The molecule has 0 aliphatic heterocycles. The van der Waals surface area contributed by atoms with E-state index in [9.17, 15) is 0 Å². The van der Waals surface area contributed by atoms with Gasteiger partial charge in [-0.1, -0.05) is 28.9 Å². The lowest BCUT2D eigenvalue weighted by Gasteiger charge is -2.09. The SMILES string of the molecule is COc1cccc(-c2noc3ncnc(Nc4ccc(OC)c(Cl)c4)c23)c1. The van der Waals surface area contributed by atoms with Gasteiger partial charge in [0, 0.05) is 11.3 Å². The Hall–Kier alpha value is -3.32. The van der Waals surface area contributed by atoms with E-state index in [4.69, 9.17) is 25.6 Å². The van der Waals surface area contributed by atoms with Gasteiger partial charge in [-0.3, -0.25) is 0 Å². The maximum atomic E-state index is 6.21. The van der Waals surface area contributed by atoms with Crippen LogP contribution in [0.4, 0.5) is 11.5 Å². The number of benzene rings is 2. The number of nitrogens with one attached hydrogen (secondary N) is 1. The summed E-state index contributed by atoms with van der Waals surface area (Å²) >= 11 is 6.21. The predicted octanol–water partition coefficient (Wildman–Crippen LogP) is 4.70. The molecule has 0 aliphatic rings. The topological polar surface area (TPSA) is 82.3 Å². The van der Waals surface area contributed by atoms with Crippen LogP contribution in [0, 0.1) is 0 Å². The van der Waals surface area contributed by atoms with Crippen molar-refractivity contribution in [2.24, 2.45) is 0 Å². The first-order valence-electron chi connectivity index (χ1n) is 8.05. The normalized spacial score (nSPS) is 10.8. The summed E-state index contributed by atoms with van der Waals surface area (Å²) in [6, 6.07) is 12.9. The molecule has 0 saturated heterocycles. The number of methoxy groups -OCH3 is 2. The third-order valence-electron chi connectivity index (χ3n) is 4.03. The summed E-state index contributed by atoms with van der Waals surface area (Å²) in [6.07, 6.45) is 1.41. The van der Waals surface area contributed by atoms with Crippen LogP contribution in [0.2, 0.25) is 5.02 Å². The zero-order valence-electron chi connectivity index (χ0n) is 14.6. The van der Waals surface area contributed by atoms with Crippen molar-refractivity contribution in [1.29, 1.82) is 0 Å². The molecule has 0 aliphatic carbocycles. The molecule has 2 heterocycles. The molecule has 2 aromatic heterocycles. The molecule has 0 atom stereocenters. The van der Waals surface area contributed by atoms with Crippen LogP contribution in [-0.4, -0.2) is 29.3 Å². The molecule has 0 unspecified atom stereocenters. The predicted molar refractivity (Wildman–Crippen MR) is 103 cm³/mol. The maximum absolute atomic E-state index is 6.21. The molecule has 136 valence electrons. The lowest BCUT2D eigenvalue weighted by Crippen LogP contribution is -1.96. The Balaban J connectivity index is 1.79. The van der Waals surface area contributed by atoms with Gasteiger partial charge in [-0.2, -0.15) is 4.98 Å². The quantitative estimate of drug-likeness (QED) is 0.535. The smallest absolute Gasteiger partial charge is 0.263 e. The number of ether oxygens (including phenoxy) is 2. The lowest BCUT2D eigenvalue weighted by molar-refractivity contribution is 0.415. The molecular weight excluding hydrogens is 368 g/mol. The van der Waals surface area contributed by atoms with Crippen LogP contribution >= 0.6 is 11.6 Å². The largest absolute Gasteiger partial charge is 0.497 e. The summed E-state index contributed by atoms with van der Waals surface area (Å²) < 4.78 is 15.9. The highest BCUT2D eigenvalue weighted by Crippen LogP contribution is 2.35. The average Bonchev–Trinajstić information content (AvgIpc) is 3.13. The molecule has 0 radical (unpaired) electrons. The Labute approximate surface area is 159 Å². The minimum atomic E-state index is 0.380. The van der Waals surface area contributed by atoms with Gasteiger partial charge in [0.1, 0.15) is 34.7 Å². The van der Waals surface area contributed by atoms with Gasteiger partial charge < -0.3 is 19.3 Å². The Morgan fingerprint density at radius 3 is 2.70 bits per heavy atom. The first kappa shape index (κ1) is 17.1. The van der Waals surface area contributed by atoms with Crippen molar-refractivity contribution >= 4 is 34.2 Å². The molecule has 0 fully saturated rings. The van der Waals surface area contributed by atoms with Gasteiger partial charge >= 0.3 is 0 Å². The Morgan fingerprint density at radius 1 is 1.04 bits per heavy atom. The molecule has 2 aromatic carbocycles. The fourth-order valence-electron chi connectivity index (χ4n) is 2.73. The molecule has 0 saturated carbocycles. The molecule has 0 spiro atoms. The summed E-state index contributed by atoms with van der Waals surface area (Å²) in [6.45, 7) is 0. The highest BCUT2D eigenvalue weighted by Gasteiger charge is 2.17. The van der Waals surface area contributed by atoms with Gasteiger partial charge in [-0.25, -0.2) is 4.98 Å². The molecule has 1 N–H and O–H groups in total. The van der Waals surface area contributed by atoms with Crippen LogP contribution in [0.5, 0.6) is 11.5 Å². The van der Waals surface area contributed by atoms with Crippen molar-refractivity contribution in [1.82, 2.24) is 15.1 Å². The minimum absolute atomic E-state index is 0.380. The standard InChI is InChI=1S/C19H15ClN4O3/c1-25-13-5-3-4-11(8-13)17-16-18(21-10-22-19(16)27-24-17)23-12-6-7-15(26-2)14(20)9-12/h3-10H,1-2H3,(H,21,22,23). The van der Waals surface area contributed by atoms with E-state index in [1.54, 1.807) is 26.4 Å². The van der Waals surface area contributed by atoms with Gasteiger partial charge in [-0.05, 0) is 30.3 Å². The second-order valence-electron chi connectivity index (χ2n) is 5.64. The van der Waals surface area contributed by atoms with E-state index in [0.717, 1.165) is 17.0 Å². The van der Waals surface area contributed by atoms with Crippen molar-refractivity contribution in [3.05, 3.63) is 53.8 Å². The van der Waals surface area contributed by atoms with Crippen molar-refractivity contribution in [2.45, 2.75) is 0 Å². The zero-order valence-corrected chi connectivity index (χ0v) is 15.3. The molecule has 8 heteroatoms. The Kier molecular flexibility index (Phi) is 4.52. The number of hydrogen-bond donors (Lipinski definition) is 1. The fourth-order valence-corrected chi connectivity index (χ4v) is 2.99. The molecule has 4 aromatic rings. The fraction of sp³-hybridized carbons (Fsp3) is 0.105. The summed E-state index contributed by atoms with van der Waals surface area (Å²) in [7, 11) is 3.18. The van der Waals surface area contributed by atoms with E-state index in [-0.39, 0.29) is 0 Å². The number of halogens is 1. The van der Waals surface area contributed by atoms with Crippen LogP contribution in [0.25, 0.3) is 22.4 Å². The lowest BCUT2D eigenvalue weighted by atomic mass is 10.1. The number of rotatable bonds is 5. The molecule has 7 nitrogen and oxygen atoms in total. The van der Waals surface area contributed by atoms with Crippen LogP contribution in [-0.2, 0) is 0 Å². The van der Waals surface area contributed by atoms with Crippen LogP contribution < -0.4 is 14.8 Å². The van der Waals surface area contributed by atoms with E-state index in [2.05, 4.69) is 20.4 Å². The molecular formula is C19H15ClN4O3. The highest BCUT2D eigenvalue weighted by molar-refractivity contribution is 6.32. The number of nitrogens with zero attached hydrogens (tertiary/aromatic N) is 3. The van der Waals surface area contributed by atoms with E-state index in [0.29, 0.717) is 33.4 Å². The third kappa shape index (κ3) is 3.24. The first-order valence-corrected chi connectivity index (χ1v) is 8.43. The second-order valence-corrected chi connectivity index (χ2v) is 6.05. The first-order chi connectivity index (χ1) is 13.2. The molecule has 4 rings (SSSR count). The van der Waals surface area contributed by atoms with Crippen molar-refractivity contribution in [3.8, 4) is 22.8 Å². The molecule has 27 heavy (non-hydrogen) atoms. The highest BCUT2D eigenvalue weighted by atomic mass is 35.5. The summed E-state index contributed by atoms with van der Waals surface area (Å²) in [4.78, 5) is 8.51. The third-order valence-corrected chi connectivity index (χ3v) is 4.33. The van der Waals surface area contributed by atoms with E-state index in [1.165, 1.54) is 6.33 Å². The monoisotopic (exact) mass is 382 g/mol. The molecule has 0 amide bonds. The van der Waals surface area contributed by atoms with Gasteiger partial charge in [0.2, 0.25) is 0 Å². The maximum Gasteiger partial charge on any atom is 0.263 e. The van der Waals surface area contributed by atoms with Gasteiger partial charge in [0.15, 0.2) is 0 Å². The summed E-state index contributed by atoms with van der Waals surface area (Å²) in [5.74, 6) is 1.87. The van der Waals surface area contributed by atoms with E-state index >= 15 is 0 Å². The van der Waals surface area contributed by atoms with Gasteiger partial charge in [-0.15, -0.1) is 0 Å². The Bertz CT molecular complexity index is 1110. The second kappa shape index (κ2) is 7.13. The molecule has 0 bridgehead atoms. The zero-order chi connectivity index (χ0) is 18.8. The van der Waals surface area contributed by atoms with Gasteiger partial charge in [0.25, 0.3) is 5.71 Å². The van der Waals surface area contributed by atoms with E-state index in [1.807, 2.05) is 30.3 Å². The number of hydrogen-bond acceptors (Lipinski definition) is 7. The van der Waals surface area contributed by atoms with Crippen molar-refractivity contribution in [3.63, 3.8) is 0 Å². The van der Waals surface area contributed by atoms with Gasteiger partial charge in [0.05, 0.1) is 19.2 Å². The van der Waals surface area contributed by atoms with E-state index < -0.39 is 0 Å².